The first-order valence-electron chi connectivity index (χ1n) is 10.6. The molecule has 10 heteroatoms. The summed E-state index contributed by atoms with van der Waals surface area (Å²) < 4.78 is 50.2. The molecule has 1 saturated carbocycles. The van der Waals surface area contributed by atoms with Crippen molar-refractivity contribution in [3.8, 4) is 11.5 Å². The summed E-state index contributed by atoms with van der Waals surface area (Å²) in [5.41, 5.74) is -0.490. The van der Waals surface area contributed by atoms with Crippen LogP contribution in [0, 0.1) is 0 Å². The Labute approximate surface area is 196 Å². The van der Waals surface area contributed by atoms with Gasteiger partial charge in [0, 0.05) is 0 Å². The number of amides is 1. The minimum atomic E-state index is -4.53. The second-order valence-corrected chi connectivity index (χ2v) is 8.21. The Morgan fingerprint density at radius 1 is 1.03 bits per heavy atom. The van der Waals surface area contributed by atoms with Crippen LogP contribution < -0.4 is 10.1 Å². The number of carboxylic acids is 1. The van der Waals surface area contributed by atoms with E-state index in [0.717, 1.165) is 17.7 Å². The van der Waals surface area contributed by atoms with Crippen molar-refractivity contribution in [1.82, 2.24) is 10.5 Å². The maximum absolute atomic E-state index is 13.2. The van der Waals surface area contributed by atoms with Gasteiger partial charge in [0.25, 0.3) is 5.91 Å². The molecule has 0 radical (unpaired) electrons. The number of benzene rings is 3. The van der Waals surface area contributed by atoms with Crippen LogP contribution in [0.25, 0.3) is 11.0 Å². The zero-order chi connectivity index (χ0) is 24.8. The lowest BCUT2D eigenvalue weighted by molar-refractivity contribution is -0.137. The molecule has 0 unspecified atom stereocenters. The third-order valence-electron chi connectivity index (χ3n) is 5.85. The fourth-order valence-corrected chi connectivity index (χ4v) is 3.88. The average Bonchev–Trinajstić information content (AvgIpc) is 3.47. The molecular weight excluding hydrogens is 465 g/mol. The van der Waals surface area contributed by atoms with E-state index >= 15 is 0 Å². The van der Waals surface area contributed by atoms with E-state index < -0.39 is 29.2 Å². The highest BCUT2D eigenvalue weighted by Gasteiger charge is 2.46. The normalized spacial score (nSPS) is 14.5. The van der Waals surface area contributed by atoms with Gasteiger partial charge in [-0.2, -0.15) is 13.2 Å². The van der Waals surface area contributed by atoms with E-state index in [-0.39, 0.29) is 33.7 Å². The Hall–Kier alpha value is -4.34. The van der Waals surface area contributed by atoms with Crippen LogP contribution in [0.5, 0.6) is 11.5 Å². The van der Waals surface area contributed by atoms with Gasteiger partial charge in [-0.1, -0.05) is 29.4 Å². The standard InChI is InChI=1S/C25H17F3N2O5/c26-25(27,28)16-3-1-4-17(13-16)34-18-5-2-6-19-20(18)21(30-35-19)22(31)29-24(11-12-24)15-9-7-14(8-10-15)23(32)33/h1-10,13H,11-12H2,(H,29,31)(H,32,33). The Bertz CT molecular complexity index is 1440. The molecule has 3 aromatic carbocycles. The van der Waals surface area contributed by atoms with Crippen molar-refractivity contribution in [3.63, 3.8) is 0 Å². The predicted molar refractivity (Wildman–Crippen MR) is 117 cm³/mol. The lowest BCUT2D eigenvalue weighted by Gasteiger charge is -2.17. The largest absolute Gasteiger partial charge is 0.478 e. The molecule has 0 saturated heterocycles. The highest BCUT2D eigenvalue weighted by molar-refractivity contribution is 6.06. The Morgan fingerprint density at radius 2 is 1.74 bits per heavy atom. The number of hydrogen-bond donors (Lipinski definition) is 2. The third-order valence-corrected chi connectivity index (χ3v) is 5.85. The first kappa shape index (κ1) is 22.5. The van der Waals surface area contributed by atoms with Crippen molar-refractivity contribution in [3.05, 3.63) is 89.1 Å². The Kier molecular flexibility index (Phi) is 5.23. The summed E-state index contributed by atoms with van der Waals surface area (Å²) in [5.74, 6) is -1.54. The molecule has 4 aromatic rings. The maximum Gasteiger partial charge on any atom is 0.416 e. The number of hydrogen-bond acceptors (Lipinski definition) is 5. The Morgan fingerprint density at radius 3 is 2.40 bits per heavy atom. The molecule has 35 heavy (non-hydrogen) atoms. The first-order chi connectivity index (χ1) is 16.7. The molecule has 1 aromatic heterocycles. The molecule has 2 N–H and O–H groups in total. The maximum atomic E-state index is 13.2. The number of nitrogens with zero attached hydrogens (tertiary/aromatic N) is 1. The molecule has 5 rings (SSSR count). The van der Waals surface area contributed by atoms with Crippen molar-refractivity contribution < 1.29 is 37.1 Å². The van der Waals surface area contributed by atoms with Crippen LogP contribution in [0.3, 0.4) is 0 Å². The van der Waals surface area contributed by atoms with Gasteiger partial charge in [-0.25, -0.2) is 4.79 Å². The van der Waals surface area contributed by atoms with E-state index in [1.807, 2.05) is 0 Å². The van der Waals surface area contributed by atoms with Crippen LogP contribution in [0.4, 0.5) is 13.2 Å². The number of fused-ring (bicyclic) bond motifs is 1. The van der Waals surface area contributed by atoms with Crippen molar-refractivity contribution in [2.24, 2.45) is 0 Å². The molecule has 1 heterocycles. The topological polar surface area (TPSA) is 102 Å². The van der Waals surface area contributed by atoms with E-state index in [0.29, 0.717) is 12.8 Å². The van der Waals surface area contributed by atoms with E-state index in [2.05, 4.69) is 10.5 Å². The molecule has 0 atom stereocenters. The number of aromatic nitrogens is 1. The zero-order valence-corrected chi connectivity index (χ0v) is 17.9. The molecule has 0 bridgehead atoms. The first-order valence-corrected chi connectivity index (χ1v) is 10.6. The fraction of sp³-hybridized carbons (Fsp3) is 0.160. The molecule has 7 nitrogen and oxygen atoms in total. The van der Waals surface area contributed by atoms with E-state index in [1.165, 1.54) is 30.3 Å². The van der Waals surface area contributed by atoms with Gasteiger partial charge in [0.2, 0.25) is 0 Å². The fourth-order valence-electron chi connectivity index (χ4n) is 3.88. The Balaban J connectivity index is 1.44. The summed E-state index contributed by atoms with van der Waals surface area (Å²) in [5, 5.41) is 16.1. The second-order valence-electron chi connectivity index (χ2n) is 8.21. The molecule has 0 spiro atoms. The van der Waals surface area contributed by atoms with Crippen molar-refractivity contribution >= 4 is 22.8 Å². The number of nitrogens with one attached hydrogen (secondary N) is 1. The number of carbonyl (C=O) groups is 2. The van der Waals surface area contributed by atoms with Gasteiger partial charge >= 0.3 is 12.1 Å². The summed E-state index contributed by atoms with van der Waals surface area (Å²) >= 11 is 0. The zero-order valence-electron chi connectivity index (χ0n) is 17.9. The number of alkyl halides is 3. The van der Waals surface area contributed by atoms with Crippen LogP contribution in [0.15, 0.2) is 71.3 Å². The van der Waals surface area contributed by atoms with Gasteiger partial charge in [0.05, 0.1) is 22.1 Å². The summed E-state index contributed by atoms with van der Waals surface area (Å²) in [7, 11) is 0. The third kappa shape index (κ3) is 4.30. The number of halogens is 3. The SMILES string of the molecule is O=C(O)c1ccc(C2(NC(=O)c3noc4cccc(Oc5cccc(C(F)(F)F)c5)c34)CC2)cc1. The van der Waals surface area contributed by atoms with Crippen LogP contribution >= 0.6 is 0 Å². The molecular formula is C25H17F3N2O5. The minimum absolute atomic E-state index is 0.0583. The number of carbonyl (C=O) groups excluding carboxylic acids is 1. The van der Waals surface area contributed by atoms with Gasteiger partial charge in [-0.3, -0.25) is 4.79 Å². The van der Waals surface area contributed by atoms with Gasteiger partial charge in [0.15, 0.2) is 11.3 Å². The molecule has 1 aliphatic carbocycles. The second kappa shape index (κ2) is 8.15. The summed E-state index contributed by atoms with van der Waals surface area (Å²) in [6.07, 6.45) is -3.24. The minimum Gasteiger partial charge on any atom is -0.478 e. The number of carboxylic acid groups (broad SMARTS) is 1. The molecule has 1 fully saturated rings. The predicted octanol–water partition coefficient (Wildman–Crippen LogP) is 5.76. The molecule has 1 amide bonds. The van der Waals surface area contributed by atoms with Crippen LogP contribution in [-0.2, 0) is 11.7 Å². The molecule has 0 aliphatic heterocycles. The number of ether oxygens (including phenoxy) is 1. The van der Waals surface area contributed by atoms with Crippen LogP contribution in [0.2, 0.25) is 0 Å². The van der Waals surface area contributed by atoms with Crippen molar-refractivity contribution in [2.75, 3.05) is 0 Å². The van der Waals surface area contributed by atoms with E-state index in [1.54, 1.807) is 24.3 Å². The summed E-state index contributed by atoms with van der Waals surface area (Å²) in [6, 6.07) is 15.3. The van der Waals surface area contributed by atoms with Crippen LogP contribution in [0.1, 0.15) is 44.8 Å². The summed E-state index contributed by atoms with van der Waals surface area (Å²) in [4.78, 5) is 24.3. The number of aromatic carboxylic acids is 1. The van der Waals surface area contributed by atoms with Crippen LogP contribution in [-0.4, -0.2) is 22.1 Å². The monoisotopic (exact) mass is 482 g/mol. The molecule has 178 valence electrons. The van der Waals surface area contributed by atoms with Gasteiger partial charge in [-0.15, -0.1) is 0 Å². The highest BCUT2D eigenvalue weighted by atomic mass is 19.4. The van der Waals surface area contributed by atoms with E-state index in [4.69, 9.17) is 14.4 Å². The lowest BCUT2D eigenvalue weighted by Crippen LogP contribution is -2.35. The van der Waals surface area contributed by atoms with Gasteiger partial charge in [0.1, 0.15) is 11.5 Å². The van der Waals surface area contributed by atoms with Gasteiger partial charge in [-0.05, 0) is 60.9 Å². The van der Waals surface area contributed by atoms with Crippen molar-refractivity contribution in [1.29, 1.82) is 0 Å². The van der Waals surface area contributed by atoms with E-state index in [9.17, 15) is 22.8 Å². The smallest absolute Gasteiger partial charge is 0.416 e. The number of rotatable bonds is 6. The summed E-state index contributed by atoms with van der Waals surface area (Å²) in [6.45, 7) is 0. The quantitative estimate of drug-likeness (QED) is 0.363. The van der Waals surface area contributed by atoms with Crippen molar-refractivity contribution in [2.45, 2.75) is 24.6 Å². The average molecular weight is 482 g/mol. The lowest BCUT2D eigenvalue weighted by atomic mass is 10.0. The highest BCUT2D eigenvalue weighted by Crippen LogP contribution is 2.46. The molecule has 1 aliphatic rings. The van der Waals surface area contributed by atoms with Gasteiger partial charge < -0.3 is 19.7 Å².